The molecule has 1 aliphatic carbocycles. The Morgan fingerprint density at radius 1 is 1.06 bits per heavy atom. The highest BCUT2D eigenvalue weighted by molar-refractivity contribution is 6.40. The predicted molar refractivity (Wildman–Crippen MR) is 120 cm³/mol. The maximum Gasteiger partial charge on any atom is 0.329 e. The number of para-hydroxylation sites is 1. The third-order valence-electron chi connectivity index (χ3n) is 5.17. The number of carbonyl (C=O) groups is 3. The van der Waals surface area contributed by atoms with Crippen molar-refractivity contribution >= 4 is 29.6 Å². The molecule has 9 heteroatoms. The molecule has 0 heterocycles. The topological polar surface area (TPSA) is 129 Å². The van der Waals surface area contributed by atoms with E-state index in [4.69, 9.17) is 4.74 Å². The number of hydrogen-bond donors (Lipinski definition) is 4. The lowest BCUT2D eigenvalue weighted by Gasteiger charge is -2.23. The second-order valence-corrected chi connectivity index (χ2v) is 7.43. The molecule has 0 aliphatic heterocycles. The second-order valence-electron chi connectivity index (χ2n) is 7.43. The van der Waals surface area contributed by atoms with Gasteiger partial charge in [-0.1, -0.05) is 31.4 Å². The normalized spacial score (nSPS) is 14.0. The molecular weight excluding hydrogens is 412 g/mol. The molecule has 168 valence electrons. The molecule has 1 aliphatic rings. The van der Waals surface area contributed by atoms with Crippen LogP contribution in [0.4, 0.5) is 5.69 Å². The van der Waals surface area contributed by atoms with Crippen molar-refractivity contribution in [2.45, 2.75) is 38.1 Å². The highest BCUT2D eigenvalue weighted by atomic mass is 16.5. The molecule has 2 aromatic carbocycles. The van der Waals surface area contributed by atoms with Crippen molar-refractivity contribution in [2.75, 3.05) is 12.4 Å². The first-order valence-corrected chi connectivity index (χ1v) is 10.4. The number of phenolic OH excluding ortho intramolecular Hbond substituents is 1. The van der Waals surface area contributed by atoms with Gasteiger partial charge < -0.3 is 20.5 Å². The lowest BCUT2D eigenvalue weighted by Crippen LogP contribution is -2.37. The van der Waals surface area contributed by atoms with Crippen LogP contribution in [0.5, 0.6) is 11.5 Å². The Morgan fingerprint density at radius 2 is 1.81 bits per heavy atom. The summed E-state index contributed by atoms with van der Waals surface area (Å²) in [7, 11) is 1.48. The summed E-state index contributed by atoms with van der Waals surface area (Å²) in [6.07, 6.45) is 6.39. The van der Waals surface area contributed by atoms with Crippen LogP contribution in [0.2, 0.25) is 0 Å². The van der Waals surface area contributed by atoms with Crippen LogP contribution < -0.4 is 20.8 Å². The molecule has 3 amide bonds. The van der Waals surface area contributed by atoms with E-state index in [9.17, 15) is 19.5 Å². The summed E-state index contributed by atoms with van der Waals surface area (Å²) in [4.78, 5) is 37.1. The predicted octanol–water partition coefficient (Wildman–Crippen LogP) is 2.55. The first kappa shape index (κ1) is 22.8. The summed E-state index contributed by atoms with van der Waals surface area (Å²) < 4.78 is 5.06. The lowest BCUT2D eigenvalue weighted by atomic mass is 9.95. The molecule has 0 unspecified atom stereocenters. The van der Waals surface area contributed by atoms with Crippen LogP contribution in [0.1, 0.15) is 48.0 Å². The van der Waals surface area contributed by atoms with Crippen LogP contribution in [0.15, 0.2) is 47.6 Å². The van der Waals surface area contributed by atoms with Crippen LogP contribution in [0.25, 0.3) is 0 Å². The first-order valence-electron chi connectivity index (χ1n) is 10.4. The molecule has 0 aromatic heterocycles. The van der Waals surface area contributed by atoms with Crippen molar-refractivity contribution in [1.29, 1.82) is 0 Å². The number of amides is 3. The summed E-state index contributed by atoms with van der Waals surface area (Å²) in [6.45, 7) is 0. The van der Waals surface area contributed by atoms with E-state index in [1.807, 2.05) is 0 Å². The lowest BCUT2D eigenvalue weighted by molar-refractivity contribution is -0.136. The first-order chi connectivity index (χ1) is 15.5. The Morgan fingerprint density at radius 3 is 2.56 bits per heavy atom. The average Bonchev–Trinajstić information content (AvgIpc) is 2.81. The van der Waals surface area contributed by atoms with Crippen LogP contribution in [-0.4, -0.2) is 42.2 Å². The maximum atomic E-state index is 12.7. The standard InChI is InChI=1S/C23H26N4O5/c1-32-17-11-12-20(28)15(13-17)14-24-27-23(31)22(30)26-19-10-6-5-9-18(19)21(29)25-16-7-3-2-4-8-16/h5-6,9-14,16,28H,2-4,7-8H2,1H3,(H,25,29)(H,26,30)(H,27,31)/b24-14-. The fourth-order valence-corrected chi connectivity index (χ4v) is 3.45. The largest absolute Gasteiger partial charge is 0.507 e. The van der Waals surface area contributed by atoms with Gasteiger partial charge >= 0.3 is 11.8 Å². The summed E-state index contributed by atoms with van der Waals surface area (Å²) in [6, 6.07) is 11.1. The highest BCUT2D eigenvalue weighted by Gasteiger charge is 2.20. The summed E-state index contributed by atoms with van der Waals surface area (Å²) >= 11 is 0. The molecule has 0 radical (unpaired) electrons. The molecule has 32 heavy (non-hydrogen) atoms. The van der Waals surface area contributed by atoms with E-state index in [0.29, 0.717) is 11.3 Å². The number of anilines is 1. The number of rotatable bonds is 6. The molecule has 4 N–H and O–H groups in total. The molecule has 0 saturated heterocycles. The molecule has 0 atom stereocenters. The number of nitrogens with zero attached hydrogens (tertiary/aromatic N) is 1. The Bertz CT molecular complexity index is 1020. The number of benzene rings is 2. The molecular formula is C23H26N4O5. The van der Waals surface area contributed by atoms with E-state index in [1.165, 1.54) is 31.9 Å². The van der Waals surface area contributed by atoms with Crippen molar-refractivity contribution in [3.8, 4) is 11.5 Å². The molecule has 0 spiro atoms. The van der Waals surface area contributed by atoms with Crippen LogP contribution >= 0.6 is 0 Å². The van der Waals surface area contributed by atoms with Crippen molar-refractivity contribution in [1.82, 2.24) is 10.7 Å². The van der Waals surface area contributed by atoms with Gasteiger partial charge in [-0.2, -0.15) is 5.10 Å². The van der Waals surface area contributed by atoms with Gasteiger partial charge in [0, 0.05) is 11.6 Å². The van der Waals surface area contributed by atoms with Gasteiger partial charge in [0.1, 0.15) is 11.5 Å². The fraction of sp³-hybridized carbons (Fsp3) is 0.304. The van der Waals surface area contributed by atoms with E-state index in [2.05, 4.69) is 21.2 Å². The van der Waals surface area contributed by atoms with Crippen molar-refractivity contribution < 1.29 is 24.2 Å². The van der Waals surface area contributed by atoms with Crippen molar-refractivity contribution in [3.63, 3.8) is 0 Å². The summed E-state index contributed by atoms with van der Waals surface area (Å²) in [5.41, 5.74) is 2.91. The fourth-order valence-electron chi connectivity index (χ4n) is 3.45. The van der Waals surface area contributed by atoms with Gasteiger partial charge in [0.2, 0.25) is 0 Å². The molecule has 2 aromatic rings. The zero-order valence-corrected chi connectivity index (χ0v) is 17.8. The minimum Gasteiger partial charge on any atom is -0.507 e. The number of nitrogens with one attached hydrogen (secondary N) is 3. The molecule has 3 rings (SSSR count). The summed E-state index contributed by atoms with van der Waals surface area (Å²) in [5.74, 6) is -1.86. The molecule has 9 nitrogen and oxygen atoms in total. The number of carbonyl (C=O) groups excluding carboxylic acids is 3. The van der Waals surface area contributed by atoms with E-state index in [-0.39, 0.29) is 28.9 Å². The number of hydrazone groups is 1. The Hall–Kier alpha value is -3.88. The van der Waals surface area contributed by atoms with Gasteiger partial charge in [-0.3, -0.25) is 14.4 Å². The SMILES string of the molecule is COc1ccc(O)c(/C=N\NC(=O)C(=O)Nc2ccccc2C(=O)NC2CCCCC2)c1. The second kappa shape index (κ2) is 10.9. The quantitative estimate of drug-likeness (QED) is 0.313. The van der Waals surface area contributed by atoms with Crippen molar-refractivity contribution in [3.05, 3.63) is 53.6 Å². The zero-order chi connectivity index (χ0) is 22.9. The Labute approximate surface area is 185 Å². The minimum absolute atomic E-state index is 0.0637. The van der Waals surface area contributed by atoms with Gasteiger partial charge in [-0.15, -0.1) is 0 Å². The van der Waals surface area contributed by atoms with E-state index >= 15 is 0 Å². The van der Waals surface area contributed by atoms with E-state index in [1.54, 1.807) is 30.3 Å². The number of phenols is 1. The van der Waals surface area contributed by atoms with Gasteiger partial charge in [0.15, 0.2) is 0 Å². The zero-order valence-electron chi connectivity index (χ0n) is 17.8. The van der Waals surface area contributed by atoms with Crippen molar-refractivity contribution in [2.24, 2.45) is 5.10 Å². The van der Waals surface area contributed by atoms with Gasteiger partial charge in [0.25, 0.3) is 5.91 Å². The van der Waals surface area contributed by atoms with Gasteiger partial charge in [-0.05, 0) is 43.2 Å². The van der Waals surface area contributed by atoms with Crippen LogP contribution in [-0.2, 0) is 9.59 Å². The maximum absolute atomic E-state index is 12.7. The number of aromatic hydroxyl groups is 1. The third kappa shape index (κ3) is 6.07. The smallest absolute Gasteiger partial charge is 0.329 e. The van der Waals surface area contributed by atoms with Gasteiger partial charge in [-0.25, -0.2) is 5.43 Å². The van der Waals surface area contributed by atoms with E-state index < -0.39 is 11.8 Å². The Kier molecular flexibility index (Phi) is 7.80. The number of hydrogen-bond acceptors (Lipinski definition) is 6. The third-order valence-corrected chi connectivity index (χ3v) is 5.17. The summed E-state index contributed by atoms with van der Waals surface area (Å²) in [5, 5.41) is 19.0. The number of ether oxygens (including phenoxy) is 1. The van der Waals surface area contributed by atoms with E-state index in [0.717, 1.165) is 25.7 Å². The molecule has 1 saturated carbocycles. The monoisotopic (exact) mass is 438 g/mol. The number of methoxy groups -OCH3 is 1. The van der Waals surface area contributed by atoms with Crippen LogP contribution in [0.3, 0.4) is 0 Å². The van der Waals surface area contributed by atoms with Crippen LogP contribution in [0, 0.1) is 0 Å². The van der Waals surface area contributed by atoms with Gasteiger partial charge in [0.05, 0.1) is 24.6 Å². The minimum atomic E-state index is -1.02. The molecule has 1 fully saturated rings. The average molecular weight is 438 g/mol. The Balaban J connectivity index is 1.60. The molecule has 0 bridgehead atoms. The highest BCUT2D eigenvalue weighted by Crippen LogP contribution is 2.21.